The van der Waals surface area contributed by atoms with Gasteiger partial charge < -0.3 is 43.6 Å². The molecule has 0 spiro atoms. The van der Waals surface area contributed by atoms with Crippen LogP contribution in [0.4, 0.5) is 0 Å². The Morgan fingerprint density at radius 1 is 0.667 bits per heavy atom. The molecule has 11 N–H and O–H groups in total. The maximum absolute atomic E-state index is 12.8. The summed E-state index contributed by atoms with van der Waals surface area (Å²) in [6, 6.07) is -4.89. The van der Waals surface area contributed by atoms with Crippen LogP contribution in [0, 0.1) is 5.92 Å². The van der Waals surface area contributed by atoms with Gasteiger partial charge in [-0.2, -0.15) is 0 Å². The van der Waals surface area contributed by atoms with E-state index >= 15 is 0 Å². The molecule has 0 bridgehead atoms. The number of hydrogen-bond acceptors (Lipinski definition) is 8. The summed E-state index contributed by atoms with van der Waals surface area (Å²) in [6.07, 6.45) is 2.93. The Bertz CT molecular complexity index is 732. The maximum Gasteiger partial charge on any atom is 0.326 e. The van der Waals surface area contributed by atoms with Gasteiger partial charge in [0.05, 0.1) is 6.04 Å². The van der Waals surface area contributed by atoms with Crippen molar-refractivity contribution >= 4 is 29.6 Å². The molecule has 0 radical (unpaired) electrons. The maximum atomic E-state index is 12.8. The van der Waals surface area contributed by atoms with Gasteiger partial charge in [-0.15, -0.1) is 0 Å². The lowest BCUT2D eigenvalue weighted by molar-refractivity contribution is -0.143. The Morgan fingerprint density at radius 3 is 1.50 bits per heavy atom. The number of rotatable bonds is 18. The van der Waals surface area contributed by atoms with Crippen LogP contribution in [0.2, 0.25) is 0 Å². The summed E-state index contributed by atoms with van der Waals surface area (Å²) in [5.41, 5.74) is 16.6. The Balaban J connectivity index is 5.34. The van der Waals surface area contributed by atoms with E-state index in [0.717, 1.165) is 0 Å². The summed E-state index contributed by atoms with van der Waals surface area (Å²) in [6.45, 7) is 7.09. The van der Waals surface area contributed by atoms with Gasteiger partial charge >= 0.3 is 5.97 Å². The number of aliphatic carboxylic acids is 1. The van der Waals surface area contributed by atoms with Crippen LogP contribution in [0.5, 0.6) is 0 Å². The van der Waals surface area contributed by atoms with E-state index in [2.05, 4.69) is 21.3 Å². The highest BCUT2D eigenvalue weighted by Gasteiger charge is 2.30. The summed E-state index contributed by atoms with van der Waals surface area (Å²) < 4.78 is 0. The molecule has 5 unspecified atom stereocenters. The molecule has 36 heavy (non-hydrogen) atoms. The molecule has 0 fully saturated rings. The second-order valence-electron chi connectivity index (χ2n) is 9.28. The topological polar surface area (TPSA) is 232 Å². The number of hydrogen-bond donors (Lipinski definition) is 8. The second-order valence-corrected chi connectivity index (χ2v) is 9.28. The lowest BCUT2D eigenvalue weighted by Gasteiger charge is -2.25. The fourth-order valence-corrected chi connectivity index (χ4v) is 3.27. The van der Waals surface area contributed by atoms with E-state index in [4.69, 9.17) is 17.2 Å². The molecular weight excluding hydrogens is 470 g/mol. The monoisotopic (exact) mass is 515 g/mol. The molecule has 0 aromatic carbocycles. The Hall–Kier alpha value is -2.77. The third-order valence-corrected chi connectivity index (χ3v) is 5.56. The zero-order valence-corrected chi connectivity index (χ0v) is 21.8. The molecule has 0 rings (SSSR count). The van der Waals surface area contributed by atoms with Crippen molar-refractivity contribution in [2.75, 3.05) is 13.1 Å². The zero-order chi connectivity index (χ0) is 27.8. The van der Waals surface area contributed by atoms with Crippen molar-refractivity contribution < 1.29 is 29.1 Å². The number of carbonyl (C=O) groups is 5. The summed E-state index contributed by atoms with van der Waals surface area (Å²) in [5, 5.41) is 19.6. The largest absolute Gasteiger partial charge is 0.480 e. The number of nitrogens with one attached hydrogen (secondary N) is 4. The fraction of sp³-hybridized carbons (Fsp3) is 0.783. The highest BCUT2D eigenvalue weighted by atomic mass is 16.4. The van der Waals surface area contributed by atoms with Crippen molar-refractivity contribution in [2.45, 2.75) is 96.4 Å². The van der Waals surface area contributed by atoms with E-state index in [0.29, 0.717) is 45.2 Å². The lowest BCUT2D eigenvalue weighted by Crippen LogP contribution is -2.58. The summed E-state index contributed by atoms with van der Waals surface area (Å²) >= 11 is 0. The van der Waals surface area contributed by atoms with Crippen LogP contribution in [-0.4, -0.2) is 78.0 Å². The Labute approximate surface area is 213 Å². The van der Waals surface area contributed by atoms with E-state index in [9.17, 15) is 29.1 Å². The number of amides is 4. The molecule has 208 valence electrons. The molecule has 0 aromatic heterocycles. The molecule has 5 atom stereocenters. The predicted molar refractivity (Wildman–Crippen MR) is 135 cm³/mol. The average molecular weight is 516 g/mol. The van der Waals surface area contributed by atoms with Crippen LogP contribution in [0.3, 0.4) is 0 Å². The first-order chi connectivity index (χ1) is 16.8. The van der Waals surface area contributed by atoms with Gasteiger partial charge in [-0.25, -0.2) is 4.79 Å². The molecule has 0 heterocycles. The smallest absolute Gasteiger partial charge is 0.326 e. The van der Waals surface area contributed by atoms with Crippen molar-refractivity contribution in [1.82, 2.24) is 21.3 Å². The highest BCUT2D eigenvalue weighted by Crippen LogP contribution is 2.07. The third kappa shape index (κ3) is 12.8. The van der Waals surface area contributed by atoms with Crippen molar-refractivity contribution in [3.05, 3.63) is 0 Å². The van der Waals surface area contributed by atoms with Crippen LogP contribution in [-0.2, 0) is 24.0 Å². The van der Waals surface area contributed by atoms with Gasteiger partial charge in [0.15, 0.2) is 0 Å². The normalized spacial score (nSPS) is 15.2. The molecule has 13 heteroatoms. The van der Waals surface area contributed by atoms with Crippen LogP contribution in [0.15, 0.2) is 0 Å². The van der Waals surface area contributed by atoms with Gasteiger partial charge in [-0.3, -0.25) is 19.2 Å². The highest BCUT2D eigenvalue weighted by molar-refractivity contribution is 5.95. The van der Waals surface area contributed by atoms with Gasteiger partial charge in [-0.05, 0) is 71.4 Å². The van der Waals surface area contributed by atoms with E-state index in [1.54, 1.807) is 13.8 Å². The Morgan fingerprint density at radius 2 is 1.11 bits per heavy atom. The number of unbranched alkanes of at least 4 members (excludes halogenated alkanes) is 2. The van der Waals surface area contributed by atoms with Gasteiger partial charge in [0.1, 0.15) is 24.2 Å². The van der Waals surface area contributed by atoms with Crippen molar-refractivity contribution in [3.63, 3.8) is 0 Å². The molecule has 0 aromatic rings. The fourth-order valence-electron chi connectivity index (χ4n) is 3.27. The first-order valence-corrected chi connectivity index (χ1v) is 12.5. The minimum Gasteiger partial charge on any atom is -0.480 e. The van der Waals surface area contributed by atoms with Crippen LogP contribution < -0.4 is 38.5 Å². The van der Waals surface area contributed by atoms with Crippen LogP contribution in [0.1, 0.15) is 66.2 Å². The standard InChI is InChI=1S/C23H45N7O6/c1-13(2)18(23(35)36)30-22(34)17(10-6-8-12-25)29-20(32)15(4)27-21(33)16(9-5-7-11-24)28-19(31)14(3)26/h13-18H,5-12,24-26H2,1-4H3,(H,27,33)(H,28,31)(H,29,32)(H,30,34)(H,35,36). The van der Waals surface area contributed by atoms with Crippen molar-refractivity contribution in [2.24, 2.45) is 23.1 Å². The van der Waals surface area contributed by atoms with E-state index in [-0.39, 0.29) is 12.3 Å². The third-order valence-electron chi connectivity index (χ3n) is 5.56. The molecule has 0 saturated carbocycles. The van der Waals surface area contributed by atoms with Crippen LogP contribution >= 0.6 is 0 Å². The van der Waals surface area contributed by atoms with E-state index in [1.807, 2.05) is 0 Å². The van der Waals surface area contributed by atoms with Gasteiger partial charge in [0, 0.05) is 0 Å². The Kier molecular flexibility index (Phi) is 16.3. The molecule has 4 amide bonds. The predicted octanol–water partition coefficient (Wildman–Crippen LogP) is -1.71. The van der Waals surface area contributed by atoms with Gasteiger partial charge in [0.2, 0.25) is 23.6 Å². The second kappa shape index (κ2) is 17.6. The summed E-state index contributed by atoms with van der Waals surface area (Å²) in [4.78, 5) is 61.9. The first-order valence-electron chi connectivity index (χ1n) is 12.5. The molecule has 0 aliphatic heterocycles. The van der Waals surface area contributed by atoms with Gasteiger partial charge in [0.25, 0.3) is 0 Å². The number of nitrogens with two attached hydrogens (primary N) is 3. The summed E-state index contributed by atoms with van der Waals surface area (Å²) in [7, 11) is 0. The quantitative estimate of drug-likeness (QED) is 0.0969. The average Bonchev–Trinajstić information content (AvgIpc) is 2.80. The van der Waals surface area contributed by atoms with E-state index in [1.165, 1.54) is 13.8 Å². The zero-order valence-electron chi connectivity index (χ0n) is 21.8. The lowest BCUT2D eigenvalue weighted by atomic mass is 10.0. The van der Waals surface area contributed by atoms with Crippen LogP contribution in [0.25, 0.3) is 0 Å². The first kappa shape index (κ1) is 33.2. The minimum absolute atomic E-state index is 0.242. The summed E-state index contributed by atoms with van der Waals surface area (Å²) in [5.74, 6) is -3.89. The van der Waals surface area contributed by atoms with Crippen molar-refractivity contribution in [3.8, 4) is 0 Å². The minimum atomic E-state index is -1.18. The molecule has 0 saturated heterocycles. The molecule has 0 aliphatic carbocycles. The number of carbonyl (C=O) groups excluding carboxylic acids is 4. The number of carboxylic acid groups (broad SMARTS) is 1. The van der Waals surface area contributed by atoms with Gasteiger partial charge in [-0.1, -0.05) is 13.8 Å². The SMILES string of the molecule is CC(N)C(=O)NC(CCCCN)C(=O)NC(C)C(=O)NC(CCCCN)C(=O)NC(C(=O)O)C(C)C. The molecule has 13 nitrogen and oxygen atoms in total. The van der Waals surface area contributed by atoms with Crippen molar-refractivity contribution in [1.29, 1.82) is 0 Å². The number of carboxylic acids is 1. The molecule has 0 aliphatic rings. The van der Waals surface area contributed by atoms with E-state index < -0.39 is 59.8 Å². The molecular formula is C23H45N7O6.